The number of rotatable bonds is 3. The standard InChI is InChI=1S/C13H17NO4/c1-9-5-11-12(18-4-3-17-11)6-10(9)7-14(2)13(16)8-15/h5-6,15H,3-4,7-8H2,1-2H3. The summed E-state index contributed by atoms with van der Waals surface area (Å²) in [5.74, 6) is 1.16. The normalized spacial score (nSPS) is 13.3. The third kappa shape index (κ3) is 2.56. The fraction of sp³-hybridized carbons (Fsp3) is 0.462. The van der Waals surface area contributed by atoms with Gasteiger partial charge in [-0.1, -0.05) is 0 Å². The van der Waals surface area contributed by atoms with Crippen molar-refractivity contribution in [3.8, 4) is 11.5 Å². The number of carbonyl (C=O) groups is 1. The summed E-state index contributed by atoms with van der Waals surface area (Å²) in [5.41, 5.74) is 2.03. The van der Waals surface area contributed by atoms with Gasteiger partial charge < -0.3 is 19.5 Å². The van der Waals surface area contributed by atoms with Gasteiger partial charge in [-0.05, 0) is 30.2 Å². The molecule has 5 heteroatoms. The highest BCUT2D eigenvalue weighted by molar-refractivity contribution is 5.76. The van der Waals surface area contributed by atoms with E-state index in [4.69, 9.17) is 14.6 Å². The lowest BCUT2D eigenvalue weighted by Gasteiger charge is -2.22. The highest BCUT2D eigenvalue weighted by Gasteiger charge is 2.16. The van der Waals surface area contributed by atoms with Crippen LogP contribution in [0.4, 0.5) is 0 Å². The van der Waals surface area contributed by atoms with E-state index >= 15 is 0 Å². The van der Waals surface area contributed by atoms with Gasteiger partial charge in [-0.25, -0.2) is 0 Å². The van der Waals surface area contributed by atoms with Gasteiger partial charge in [-0.15, -0.1) is 0 Å². The van der Waals surface area contributed by atoms with Crippen LogP contribution in [0.2, 0.25) is 0 Å². The molecule has 0 atom stereocenters. The van der Waals surface area contributed by atoms with E-state index in [0.717, 1.165) is 16.9 Å². The van der Waals surface area contributed by atoms with Gasteiger partial charge in [0.05, 0.1) is 0 Å². The third-order valence-electron chi connectivity index (χ3n) is 2.97. The van der Waals surface area contributed by atoms with E-state index in [1.54, 1.807) is 7.05 Å². The Labute approximate surface area is 106 Å². The van der Waals surface area contributed by atoms with Gasteiger partial charge >= 0.3 is 0 Å². The van der Waals surface area contributed by atoms with Gasteiger partial charge in [-0.2, -0.15) is 0 Å². The van der Waals surface area contributed by atoms with Crippen molar-refractivity contribution < 1.29 is 19.4 Å². The molecule has 0 aromatic heterocycles. The Morgan fingerprint density at radius 2 is 1.94 bits per heavy atom. The second kappa shape index (κ2) is 5.27. The SMILES string of the molecule is Cc1cc2c(cc1CN(C)C(=O)CO)OCCO2. The summed E-state index contributed by atoms with van der Waals surface area (Å²) in [6.45, 7) is 3.04. The van der Waals surface area contributed by atoms with Crippen molar-refractivity contribution >= 4 is 5.91 Å². The Morgan fingerprint density at radius 1 is 1.33 bits per heavy atom. The second-order valence-corrected chi connectivity index (χ2v) is 4.33. The van der Waals surface area contributed by atoms with Crippen LogP contribution in [0.5, 0.6) is 11.5 Å². The molecule has 0 radical (unpaired) electrons. The monoisotopic (exact) mass is 251 g/mol. The minimum atomic E-state index is -0.472. The second-order valence-electron chi connectivity index (χ2n) is 4.33. The molecule has 18 heavy (non-hydrogen) atoms. The van der Waals surface area contributed by atoms with Crippen LogP contribution in [0.1, 0.15) is 11.1 Å². The molecule has 0 saturated carbocycles. The molecule has 5 nitrogen and oxygen atoms in total. The quantitative estimate of drug-likeness (QED) is 0.860. The lowest BCUT2D eigenvalue weighted by atomic mass is 10.1. The van der Waals surface area contributed by atoms with Crippen LogP contribution in [-0.2, 0) is 11.3 Å². The lowest BCUT2D eigenvalue weighted by Crippen LogP contribution is -2.29. The fourth-order valence-corrected chi connectivity index (χ4v) is 1.87. The van der Waals surface area contributed by atoms with Gasteiger partial charge in [0.2, 0.25) is 5.91 Å². The lowest BCUT2D eigenvalue weighted by molar-refractivity contribution is -0.133. The fourth-order valence-electron chi connectivity index (χ4n) is 1.87. The van der Waals surface area contributed by atoms with E-state index in [9.17, 15) is 4.79 Å². The number of hydrogen-bond acceptors (Lipinski definition) is 4. The summed E-state index contributed by atoms with van der Waals surface area (Å²) in [6, 6.07) is 3.81. The van der Waals surface area contributed by atoms with Crippen molar-refractivity contribution in [3.05, 3.63) is 23.3 Å². The van der Waals surface area contributed by atoms with Crippen LogP contribution < -0.4 is 9.47 Å². The van der Waals surface area contributed by atoms with E-state index in [1.807, 2.05) is 19.1 Å². The first kappa shape index (κ1) is 12.7. The zero-order chi connectivity index (χ0) is 13.1. The molecule has 98 valence electrons. The highest BCUT2D eigenvalue weighted by Crippen LogP contribution is 2.33. The first-order valence-corrected chi connectivity index (χ1v) is 5.85. The summed E-state index contributed by atoms with van der Waals surface area (Å²) in [5, 5.41) is 8.81. The molecule has 1 amide bonds. The Bertz CT molecular complexity index is 459. The maximum absolute atomic E-state index is 11.3. The van der Waals surface area contributed by atoms with Crippen LogP contribution in [0, 0.1) is 6.92 Å². The van der Waals surface area contributed by atoms with Crippen molar-refractivity contribution in [2.75, 3.05) is 26.9 Å². The number of aliphatic hydroxyl groups is 1. The van der Waals surface area contributed by atoms with Gasteiger partial charge in [-0.3, -0.25) is 4.79 Å². The molecule has 0 fully saturated rings. The predicted molar refractivity (Wildman–Crippen MR) is 65.7 cm³/mol. The molecule has 0 aliphatic carbocycles. The van der Waals surface area contributed by atoms with Crippen LogP contribution in [0.25, 0.3) is 0 Å². The molecule has 1 aliphatic heterocycles. The number of amides is 1. The van der Waals surface area contributed by atoms with Crippen molar-refractivity contribution in [3.63, 3.8) is 0 Å². The van der Waals surface area contributed by atoms with E-state index in [2.05, 4.69) is 0 Å². The number of carbonyl (C=O) groups excluding carboxylic acids is 1. The van der Waals surface area contributed by atoms with Gasteiger partial charge in [0.15, 0.2) is 11.5 Å². The van der Waals surface area contributed by atoms with Gasteiger partial charge in [0.1, 0.15) is 19.8 Å². The van der Waals surface area contributed by atoms with Crippen molar-refractivity contribution in [1.82, 2.24) is 4.90 Å². The molecule has 1 aromatic rings. The number of hydrogen-bond donors (Lipinski definition) is 1. The number of ether oxygens (including phenoxy) is 2. The number of aliphatic hydroxyl groups excluding tert-OH is 1. The van der Waals surface area contributed by atoms with E-state index in [-0.39, 0.29) is 5.91 Å². The topological polar surface area (TPSA) is 59.0 Å². The van der Waals surface area contributed by atoms with E-state index in [1.165, 1.54) is 4.90 Å². The minimum absolute atomic E-state index is 0.302. The maximum atomic E-state index is 11.3. The van der Waals surface area contributed by atoms with Crippen LogP contribution in [-0.4, -0.2) is 42.8 Å². The summed E-state index contributed by atoms with van der Waals surface area (Å²) in [4.78, 5) is 12.8. The first-order valence-electron chi connectivity index (χ1n) is 5.85. The van der Waals surface area contributed by atoms with Gasteiger partial charge in [0, 0.05) is 13.6 Å². The third-order valence-corrected chi connectivity index (χ3v) is 2.97. The minimum Gasteiger partial charge on any atom is -0.486 e. The molecule has 1 aromatic carbocycles. The molecule has 2 rings (SSSR count). The van der Waals surface area contributed by atoms with E-state index < -0.39 is 6.61 Å². The average Bonchev–Trinajstić information content (AvgIpc) is 2.38. The number of nitrogens with zero attached hydrogens (tertiary/aromatic N) is 1. The highest BCUT2D eigenvalue weighted by atomic mass is 16.6. The number of aryl methyl sites for hydroxylation is 1. The zero-order valence-electron chi connectivity index (χ0n) is 10.6. The van der Waals surface area contributed by atoms with Crippen LogP contribution in [0.15, 0.2) is 12.1 Å². The zero-order valence-corrected chi connectivity index (χ0v) is 10.6. The maximum Gasteiger partial charge on any atom is 0.248 e. The predicted octanol–water partition coefficient (Wildman–Crippen LogP) is 0.717. The first-order chi connectivity index (χ1) is 8.61. The van der Waals surface area contributed by atoms with Crippen molar-refractivity contribution in [2.24, 2.45) is 0 Å². The van der Waals surface area contributed by atoms with Crippen LogP contribution in [0.3, 0.4) is 0 Å². The Balaban J connectivity index is 2.20. The van der Waals surface area contributed by atoms with Crippen molar-refractivity contribution in [1.29, 1.82) is 0 Å². The summed E-state index contributed by atoms with van der Waals surface area (Å²) >= 11 is 0. The summed E-state index contributed by atoms with van der Waals surface area (Å²) in [6.07, 6.45) is 0. The molecule has 0 spiro atoms. The molecule has 1 aliphatic rings. The van der Waals surface area contributed by atoms with E-state index in [0.29, 0.717) is 25.5 Å². The Kier molecular flexibility index (Phi) is 3.72. The largest absolute Gasteiger partial charge is 0.486 e. The van der Waals surface area contributed by atoms with Crippen LogP contribution >= 0.6 is 0 Å². The van der Waals surface area contributed by atoms with Gasteiger partial charge in [0.25, 0.3) is 0 Å². The summed E-state index contributed by atoms with van der Waals surface area (Å²) in [7, 11) is 1.66. The summed E-state index contributed by atoms with van der Waals surface area (Å²) < 4.78 is 11.0. The molecule has 0 saturated heterocycles. The molecular formula is C13H17NO4. The van der Waals surface area contributed by atoms with Crippen molar-refractivity contribution in [2.45, 2.75) is 13.5 Å². The number of fused-ring (bicyclic) bond motifs is 1. The smallest absolute Gasteiger partial charge is 0.248 e. The molecule has 1 N–H and O–H groups in total. The Hall–Kier alpha value is -1.75. The Morgan fingerprint density at radius 3 is 2.56 bits per heavy atom. The molecule has 1 heterocycles. The molecular weight excluding hydrogens is 234 g/mol. The number of likely N-dealkylation sites (N-methyl/N-ethyl adjacent to an activating group) is 1. The number of benzene rings is 1. The average molecular weight is 251 g/mol. The molecule has 0 unspecified atom stereocenters. The molecule has 0 bridgehead atoms.